The van der Waals surface area contributed by atoms with Crippen LogP contribution in [0.4, 0.5) is 0 Å². The standard InChI is InChI=1S/C64H99NO8/c1-6-8-10-12-14-16-18-20-22-24-25-26-27-28-29-30-31-32-33-34-35-36-37-39-41-43-45-47-49-51-53-55-62(67)73-60(59-72-64(63(68)69)70-57-56-65(3,4)5)58-71-61(66)54-52-50-48-46-44-42-40-38-23-21-19-17-15-13-11-9-7-2/h8-11,14-17,20-23,25-26,28-29,31-32,34-35,37,39-40,42-43,45,60,64H,6-7,12-13,18-19,24,27,30,33,36,38,41,44,46-59H2,1-5H3/b10-8-,11-9-,16-14-,17-15-,22-20-,23-21-,26-25-,29-28-,32-31-,35-34-,39-37-,42-40-,45-43-. The summed E-state index contributed by atoms with van der Waals surface area (Å²) in [7, 11) is 5.88. The van der Waals surface area contributed by atoms with Gasteiger partial charge in [0.2, 0.25) is 0 Å². The molecule has 0 bridgehead atoms. The number of likely N-dealkylation sites (N-methyl/N-ethyl adjacent to an activating group) is 1. The number of esters is 2. The molecule has 0 aliphatic heterocycles. The number of aliphatic carboxylic acids is 1. The van der Waals surface area contributed by atoms with Gasteiger partial charge in [-0.15, -0.1) is 0 Å². The minimum atomic E-state index is -1.65. The topological polar surface area (TPSA) is 111 Å². The number of hydrogen-bond acceptors (Lipinski definition) is 8. The van der Waals surface area contributed by atoms with Gasteiger partial charge < -0.3 is 33.3 Å². The van der Waals surface area contributed by atoms with Gasteiger partial charge in [-0.05, 0) is 122 Å². The number of carbonyl (C=O) groups excluding carboxylic acids is 3. The monoisotopic (exact) mass is 1010 g/mol. The van der Waals surface area contributed by atoms with Gasteiger partial charge in [-0.2, -0.15) is 0 Å². The van der Waals surface area contributed by atoms with Crippen LogP contribution in [0.2, 0.25) is 0 Å². The van der Waals surface area contributed by atoms with Gasteiger partial charge in [0.05, 0.1) is 40.3 Å². The molecule has 0 N–H and O–H groups in total. The molecule has 73 heavy (non-hydrogen) atoms. The molecule has 9 heteroatoms. The van der Waals surface area contributed by atoms with Crippen molar-refractivity contribution in [3.05, 3.63) is 158 Å². The Morgan fingerprint density at radius 1 is 0.411 bits per heavy atom. The summed E-state index contributed by atoms with van der Waals surface area (Å²) in [4.78, 5) is 37.2. The average Bonchev–Trinajstić information content (AvgIpc) is 3.36. The lowest BCUT2D eigenvalue weighted by Crippen LogP contribution is -2.44. The maximum atomic E-state index is 12.8. The van der Waals surface area contributed by atoms with Crippen LogP contribution in [0.3, 0.4) is 0 Å². The third kappa shape index (κ3) is 54.5. The zero-order valence-corrected chi connectivity index (χ0v) is 46.2. The van der Waals surface area contributed by atoms with E-state index in [0.29, 0.717) is 23.9 Å². The van der Waals surface area contributed by atoms with E-state index in [1.807, 2.05) is 21.1 Å². The van der Waals surface area contributed by atoms with Crippen LogP contribution in [0.5, 0.6) is 0 Å². The van der Waals surface area contributed by atoms with Crippen molar-refractivity contribution in [2.24, 2.45) is 0 Å². The number of rotatable bonds is 48. The number of carbonyl (C=O) groups is 3. The van der Waals surface area contributed by atoms with E-state index in [4.69, 9.17) is 18.9 Å². The highest BCUT2D eigenvalue weighted by atomic mass is 16.7. The molecule has 2 unspecified atom stereocenters. The number of carboxylic acids is 1. The normalized spacial score (nSPS) is 14.0. The Hall–Kier alpha value is -5.09. The van der Waals surface area contributed by atoms with Crippen molar-refractivity contribution < 1.29 is 42.9 Å². The van der Waals surface area contributed by atoms with Crippen LogP contribution in [0.1, 0.15) is 168 Å². The second-order valence-electron chi connectivity index (χ2n) is 18.8. The van der Waals surface area contributed by atoms with Crippen molar-refractivity contribution in [2.75, 3.05) is 47.5 Å². The van der Waals surface area contributed by atoms with Gasteiger partial charge in [0.15, 0.2) is 12.4 Å². The molecule has 408 valence electrons. The first-order valence-corrected chi connectivity index (χ1v) is 27.6. The predicted octanol–water partition coefficient (Wildman–Crippen LogP) is 14.9. The van der Waals surface area contributed by atoms with E-state index in [0.717, 1.165) is 128 Å². The number of unbranched alkanes of at least 4 members (excludes halogenated alkanes) is 7. The highest BCUT2D eigenvalue weighted by Gasteiger charge is 2.21. The second kappa shape index (κ2) is 53.2. The number of quaternary nitrogens is 1. The van der Waals surface area contributed by atoms with E-state index in [1.54, 1.807) is 0 Å². The molecule has 0 aliphatic carbocycles. The summed E-state index contributed by atoms with van der Waals surface area (Å²) < 4.78 is 22.6. The smallest absolute Gasteiger partial charge is 0.306 e. The molecule has 0 fully saturated rings. The van der Waals surface area contributed by atoms with E-state index in [1.165, 1.54) is 0 Å². The Kier molecular flexibility index (Phi) is 49.5. The molecule has 0 aliphatic rings. The molecule has 0 spiro atoms. The van der Waals surface area contributed by atoms with Crippen molar-refractivity contribution in [2.45, 2.75) is 180 Å². The largest absolute Gasteiger partial charge is 0.545 e. The van der Waals surface area contributed by atoms with Gasteiger partial charge in [-0.1, -0.05) is 191 Å². The van der Waals surface area contributed by atoms with E-state index >= 15 is 0 Å². The van der Waals surface area contributed by atoms with Gasteiger partial charge in [0.25, 0.3) is 0 Å². The second-order valence-corrected chi connectivity index (χ2v) is 18.8. The summed E-state index contributed by atoms with van der Waals surface area (Å²) in [6.45, 7) is 4.41. The fraction of sp³-hybridized carbons (Fsp3) is 0.547. The predicted molar refractivity (Wildman–Crippen MR) is 305 cm³/mol. The third-order valence-electron chi connectivity index (χ3n) is 10.8. The molecule has 0 saturated carbocycles. The molecule has 0 saturated heterocycles. The maximum Gasteiger partial charge on any atom is 0.306 e. The molecule has 0 aromatic rings. The third-order valence-corrected chi connectivity index (χ3v) is 10.8. The fourth-order valence-electron chi connectivity index (χ4n) is 6.58. The lowest BCUT2D eigenvalue weighted by Gasteiger charge is -2.26. The minimum absolute atomic E-state index is 0.126. The summed E-state index contributed by atoms with van der Waals surface area (Å²) >= 11 is 0. The summed E-state index contributed by atoms with van der Waals surface area (Å²) in [5.74, 6) is -2.39. The molecule has 2 atom stereocenters. The Labute approximate surface area is 444 Å². The van der Waals surface area contributed by atoms with E-state index < -0.39 is 30.3 Å². The summed E-state index contributed by atoms with van der Waals surface area (Å²) in [6.07, 6.45) is 75.7. The highest BCUT2D eigenvalue weighted by Crippen LogP contribution is 2.11. The molecule has 0 aromatic heterocycles. The first-order chi connectivity index (χ1) is 35.6. The molecular formula is C64H99NO8. The quantitative estimate of drug-likeness (QED) is 0.0195. The molecular weight excluding hydrogens is 911 g/mol. The minimum Gasteiger partial charge on any atom is -0.545 e. The van der Waals surface area contributed by atoms with Crippen LogP contribution in [0.15, 0.2) is 158 Å². The van der Waals surface area contributed by atoms with Gasteiger partial charge in [0, 0.05) is 12.8 Å². The first kappa shape index (κ1) is 67.9. The van der Waals surface area contributed by atoms with Crippen LogP contribution >= 0.6 is 0 Å². The average molecular weight is 1010 g/mol. The van der Waals surface area contributed by atoms with E-state index in [9.17, 15) is 19.5 Å². The molecule has 0 heterocycles. The lowest BCUT2D eigenvalue weighted by atomic mass is 10.1. The van der Waals surface area contributed by atoms with Crippen molar-refractivity contribution in [3.63, 3.8) is 0 Å². The SMILES string of the molecule is CC/C=C\C/C=C\C/C=C\C/C=C\C/C=C\C/C=C\C/C=C\C/C=C\C/C=C\CCCCCC(=O)OC(COC(=O)CCCCCC/C=C\C/C=C\C/C=C\C/C=C\CC)COC(OCC[N+](C)(C)C)C(=O)[O-]. The van der Waals surface area contributed by atoms with E-state index in [-0.39, 0.29) is 32.7 Å². The number of carboxylic acid groups (broad SMARTS) is 1. The summed E-state index contributed by atoms with van der Waals surface area (Å²) in [5, 5.41) is 11.8. The summed E-state index contributed by atoms with van der Waals surface area (Å²) in [6, 6.07) is 0. The van der Waals surface area contributed by atoms with Crippen LogP contribution < -0.4 is 5.11 Å². The Morgan fingerprint density at radius 3 is 1.10 bits per heavy atom. The van der Waals surface area contributed by atoms with Crippen molar-refractivity contribution in [1.82, 2.24) is 0 Å². The lowest BCUT2D eigenvalue weighted by molar-refractivity contribution is -0.870. The van der Waals surface area contributed by atoms with Crippen LogP contribution in [0.25, 0.3) is 0 Å². The summed E-state index contributed by atoms with van der Waals surface area (Å²) in [5.41, 5.74) is 0. The fourth-order valence-corrected chi connectivity index (χ4v) is 6.58. The Morgan fingerprint density at radius 2 is 0.740 bits per heavy atom. The number of nitrogens with zero attached hydrogens (tertiary/aromatic N) is 1. The van der Waals surface area contributed by atoms with E-state index in [2.05, 4.69) is 172 Å². The number of hydrogen-bond donors (Lipinski definition) is 0. The van der Waals surface area contributed by atoms with Gasteiger partial charge in [-0.25, -0.2) is 0 Å². The molecule has 0 aromatic carbocycles. The van der Waals surface area contributed by atoms with Gasteiger partial charge in [-0.3, -0.25) is 9.59 Å². The van der Waals surface area contributed by atoms with Gasteiger partial charge >= 0.3 is 11.9 Å². The molecule has 0 rings (SSSR count). The Bertz CT molecular complexity index is 1750. The van der Waals surface area contributed by atoms with Gasteiger partial charge in [0.1, 0.15) is 13.2 Å². The molecule has 0 radical (unpaired) electrons. The maximum absolute atomic E-state index is 12.8. The molecule has 9 nitrogen and oxygen atoms in total. The highest BCUT2D eigenvalue weighted by molar-refractivity contribution is 5.70. The van der Waals surface area contributed by atoms with Crippen molar-refractivity contribution in [1.29, 1.82) is 0 Å². The molecule has 0 amide bonds. The number of allylic oxidation sites excluding steroid dienone is 26. The van der Waals surface area contributed by atoms with Crippen molar-refractivity contribution >= 4 is 17.9 Å². The zero-order chi connectivity index (χ0) is 53.4. The first-order valence-electron chi connectivity index (χ1n) is 27.6. The van der Waals surface area contributed by atoms with Crippen LogP contribution in [-0.4, -0.2) is 82.3 Å². The van der Waals surface area contributed by atoms with Crippen LogP contribution in [0, 0.1) is 0 Å². The van der Waals surface area contributed by atoms with Crippen molar-refractivity contribution in [3.8, 4) is 0 Å². The number of ether oxygens (including phenoxy) is 4. The Balaban J connectivity index is 4.43. The van der Waals surface area contributed by atoms with Crippen LogP contribution in [-0.2, 0) is 33.3 Å². The zero-order valence-electron chi connectivity index (χ0n) is 46.2.